The van der Waals surface area contributed by atoms with Crippen LogP contribution in [0, 0.1) is 18.3 Å². The average molecular weight is 142 g/mol. The van der Waals surface area contributed by atoms with Crippen molar-refractivity contribution in [3.05, 3.63) is 29.3 Å². The van der Waals surface area contributed by atoms with Crippen molar-refractivity contribution in [2.24, 2.45) is 0 Å². The molecule has 1 rings (SSSR count). The molecule has 0 bridgehead atoms. The molecule has 0 unspecified atom stereocenters. The first-order valence-corrected chi connectivity index (χ1v) is 3.58. The topological polar surface area (TPSA) is 23.8 Å². The van der Waals surface area contributed by atoms with Crippen molar-refractivity contribution in [3.8, 4) is 6.07 Å². The quantitative estimate of drug-likeness (QED) is 0.541. The lowest BCUT2D eigenvalue weighted by atomic mass is 9.71. The molecular weight excluding hydrogens is 133 g/mol. The zero-order valence-corrected chi connectivity index (χ0v) is 6.76. The molecule has 0 N–H and O–H groups in total. The molecule has 0 amide bonds. The minimum absolute atomic E-state index is 0.730. The fourth-order valence-corrected chi connectivity index (χ4v) is 1.07. The van der Waals surface area contributed by atoms with Gasteiger partial charge in [0.25, 0.3) is 0 Å². The molecule has 11 heavy (non-hydrogen) atoms. The summed E-state index contributed by atoms with van der Waals surface area (Å²) in [6.45, 7) is 4.00. The number of aryl methyl sites for hydroxylation is 1. The normalized spacial score (nSPS) is 8.82. The molecule has 1 radical (unpaired) electrons. The SMILES string of the molecule is C[B]c1ccc(C#N)cc1C. The number of hydrogen-bond donors (Lipinski definition) is 0. The number of rotatable bonds is 1. The van der Waals surface area contributed by atoms with E-state index in [1.54, 1.807) is 0 Å². The Morgan fingerprint density at radius 1 is 1.45 bits per heavy atom. The van der Waals surface area contributed by atoms with Crippen LogP contribution in [0.2, 0.25) is 6.82 Å². The van der Waals surface area contributed by atoms with E-state index in [1.807, 2.05) is 39.2 Å². The van der Waals surface area contributed by atoms with Gasteiger partial charge in [-0.2, -0.15) is 5.26 Å². The van der Waals surface area contributed by atoms with Gasteiger partial charge in [-0.1, -0.05) is 23.9 Å². The number of benzene rings is 1. The first kappa shape index (κ1) is 7.88. The molecule has 1 aromatic carbocycles. The Bertz CT molecular complexity index is 299. The van der Waals surface area contributed by atoms with E-state index in [9.17, 15) is 0 Å². The Kier molecular flexibility index (Phi) is 2.33. The van der Waals surface area contributed by atoms with Crippen molar-refractivity contribution in [3.63, 3.8) is 0 Å². The van der Waals surface area contributed by atoms with E-state index in [-0.39, 0.29) is 0 Å². The fourth-order valence-electron chi connectivity index (χ4n) is 1.07. The van der Waals surface area contributed by atoms with E-state index in [4.69, 9.17) is 5.26 Å². The Hall–Kier alpha value is -1.23. The fraction of sp³-hybridized carbons (Fsp3) is 0.222. The molecule has 0 heterocycles. The maximum atomic E-state index is 8.57. The summed E-state index contributed by atoms with van der Waals surface area (Å²) in [4.78, 5) is 0. The Morgan fingerprint density at radius 3 is 2.64 bits per heavy atom. The van der Waals surface area contributed by atoms with Gasteiger partial charge >= 0.3 is 0 Å². The minimum Gasteiger partial charge on any atom is -0.192 e. The van der Waals surface area contributed by atoms with Crippen molar-refractivity contribution in [2.75, 3.05) is 0 Å². The van der Waals surface area contributed by atoms with Crippen molar-refractivity contribution in [1.29, 1.82) is 5.26 Å². The molecule has 0 aliphatic carbocycles. The molecule has 0 spiro atoms. The monoisotopic (exact) mass is 142 g/mol. The highest BCUT2D eigenvalue weighted by Gasteiger charge is 1.96. The van der Waals surface area contributed by atoms with Gasteiger partial charge in [0.15, 0.2) is 0 Å². The Morgan fingerprint density at radius 2 is 2.18 bits per heavy atom. The van der Waals surface area contributed by atoms with Gasteiger partial charge < -0.3 is 0 Å². The molecule has 0 saturated heterocycles. The van der Waals surface area contributed by atoms with Crippen molar-refractivity contribution in [1.82, 2.24) is 0 Å². The van der Waals surface area contributed by atoms with E-state index >= 15 is 0 Å². The molecule has 0 fully saturated rings. The van der Waals surface area contributed by atoms with Gasteiger partial charge in [0, 0.05) is 0 Å². The first-order chi connectivity index (χ1) is 5.27. The zero-order valence-electron chi connectivity index (χ0n) is 6.76. The van der Waals surface area contributed by atoms with Gasteiger partial charge in [-0.05, 0) is 19.1 Å². The zero-order chi connectivity index (χ0) is 8.27. The van der Waals surface area contributed by atoms with Crippen LogP contribution < -0.4 is 5.46 Å². The van der Waals surface area contributed by atoms with Crippen LogP contribution in [-0.2, 0) is 0 Å². The lowest BCUT2D eigenvalue weighted by molar-refractivity contribution is 1.44. The Balaban J connectivity index is 3.12. The molecule has 0 aromatic heterocycles. The van der Waals surface area contributed by atoms with Crippen LogP contribution in [0.5, 0.6) is 0 Å². The van der Waals surface area contributed by atoms with Crippen LogP contribution in [-0.4, -0.2) is 7.28 Å². The molecule has 0 saturated carbocycles. The summed E-state index contributed by atoms with van der Waals surface area (Å²) >= 11 is 0. The van der Waals surface area contributed by atoms with Crippen LogP contribution in [0.25, 0.3) is 0 Å². The van der Waals surface area contributed by atoms with Gasteiger partial charge in [0.05, 0.1) is 11.6 Å². The third-order valence-corrected chi connectivity index (χ3v) is 1.71. The van der Waals surface area contributed by atoms with Crippen molar-refractivity contribution < 1.29 is 0 Å². The molecule has 0 aliphatic rings. The van der Waals surface area contributed by atoms with Crippen LogP contribution in [0.4, 0.5) is 0 Å². The highest BCUT2D eigenvalue weighted by Crippen LogP contribution is 1.99. The summed E-state index contributed by atoms with van der Waals surface area (Å²) in [7, 11) is 2.04. The molecule has 53 valence electrons. The van der Waals surface area contributed by atoms with E-state index in [0.29, 0.717) is 0 Å². The second-order valence-electron chi connectivity index (χ2n) is 2.47. The summed E-state index contributed by atoms with van der Waals surface area (Å²) in [5, 5.41) is 8.57. The second kappa shape index (κ2) is 3.25. The average Bonchev–Trinajstić information content (AvgIpc) is 2.04. The lowest BCUT2D eigenvalue weighted by Gasteiger charge is -2.00. The van der Waals surface area contributed by atoms with Gasteiger partial charge in [-0.3, -0.25) is 0 Å². The number of hydrogen-bond acceptors (Lipinski definition) is 1. The van der Waals surface area contributed by atoms with Crippen LogP contribution in [0.1, 0.15) is 11.1 Å². The van der Waals surface area contributed by atoms with Crippen LogP contribution in [0.3, 0.4) is 0 Å². The van der Waals surface area contributed by atoms with Gasteiger partial charge in [0.2, 0.25) is 0 Å². The van der Waals surface area contributed by atoms with E-state index in [1.165, 1.54) is 5.46 Å². The predicted molar refractivity (Wildman–Crippen MR) is 47.1 cm³/mol. The maximum Gasteiger partial charge on any atom is 0.148 e. The smallest absolute Gasteiger partial charge is 0.148 e. The summed E-state index contributed by atoms with van der Waals surface area (Å²) in [5.74, 6) is 0. The molecule has 1 aromatic rings. The molecule has 1 nitrogen and oxygen atoms in total. The molecule has 0 aliphatic heterocycles. The van der Waals surface area contributed by atoms with Crippen molar-refractivity contribution in [2.45, 2.75) is 13.7 Å². The highest BCUT2D eigenvalue weighted by molar-refractivity contribution is 6.52. The first-order valence-electron chi connectivity index (χ1n) is 3.58. The van der Waals surface area contributed by atoms with Gasteiger partial charge in [-0.15, -0.1) is 0 Å². The summed E-state index contributed by atoms with van der Waals surface area (Å²) in [5.41, 5.74) is 3.09. The van der Waals surface area contributed by atoms with E-state index in [0.717, 1.165) is 11.1 Å². The largest absolute Gasteiger partial charge is 0.192 e. The summed E-state index contributed by atoms with van der Waals surface area (Å²) < 4.78 is 0. The lowest BCUT2D eigenvalue weighted by Crippen LogP contribution is -2.13. The highest BCUT2D eigenvalue weighted by atomic mass is 14.2. The van der Waals surface area contributed by atoms with Gasteiger partial charge in [0.1, 0.15) is 7.28 Å². The molecule has 0 atom stereocenters. The summed E-state index contributed by atoms with van der Waals surface area (Å²) in [6, 6.07) is 7.81. The number of nitrogens with zero attached hydrogens (tertiary/aromatic N) is 1. The number of nitriles is 1. The van der Waals surface area contributed by atoms with Crippen molar-refractivity contribution >= 4 is 12.7 Å². The predicted octanol–water partition coefficient (Wildman–Crippen LogP) is 1.24. The minimum atomic E-state index is 0.730. The molecular formula is C9H9BN. The Labute approximate surface area is 67.9 Å². The van der Waals surface area contributed by atoms with Crippen LogP contribution in [0.15, 0.2) is 18.2 Å². The van der Waals surface area contributed by atoms with E-state index < -0.39 is 0 Å². The third-order valence-electron chi connectivity index (χ3n) is 1.71. The summed E-state index contributed by atoms with van der Waals surface area (Å²) in [6.07, 6.45) is 0. The third kappa shape index (κ3) is 1.62. The standard InChI is InChI=1S/C9H9BN/c1-7-5-8(6-11)3-4-9(7)10-2/h3-5H,1-2H3. The molecule has 2 heteroatoms. The van der Waals surface area contributed by atoms with E-state index in [2.05, 4.69) is 6.07 Å². The maximum absolute atomic E-state index is 8.57. The van der Waals surface area contributed by atoms with Gasteiger partial charge in [-0.25, -0.2) is 0 Å². The second-order valence-corrected chi connectivity index (χ2v) is 2.47. The van der Waals surface area contributed by atoms with Crippen LogP contribution >= 0.6 is 0 Å².